The zero-order valence-electron chi connectivity index (χ0n) is 19.6. The van der Waals surface area contributed by atoms with Crippen molar-refractivity contribution in [1.29, 1.82) is 0 Å². The molecule has 0 heterocycles. The van der Waals surface area contributed by atoms with Crippen molar-refractivity contribution in [3.05, 3.63) is 109 Å². The van der Waals surface area contributed by atoms with E-state index in [9.17, 15) is 26.4 Å². The molecule has 38 heavy (non-hydrogen) atoms. The smallest absolute Gasteiger partial charge is 0.416 e. The van der Waals surface area contributed by atoms with Gasteiger partial charge in [0, 0.05) is 11.4 Å². The number of halogens is 3. The third kappa shape index (κ3) is 7.26. The van der Waals surface area contributed by atoms with Crippen LogP contribution >= 0.6 is 0 Å². The second-order valence-electron chi connectivity index (χ2n) is 7.93. The number of para-hydroxylation sites is 1. The van der Waals surface area contributed by atoms with Gasteiger partial charge in [-0.3, -0.25) is 9.52 Å². The van der Waals surface area contributed by atoms with E-state index in [-0.39, 0.29) is 22.9 Å². The first-order chi connectivity index (χ1) is 18.1. The van der Waals surface area contributed by atoms with Crippen molar-refractivity contribution in [2.45, 2.75) is 11.1 Å². The van der Waals surface area contributed by atoms with Crippen molar-refractivity contribution in [1.82, 2.24) is 0 Å². The summed E-state index contributed by atoms with van der Waals surface area (Å²) in [5.74, 6) is 1.07. The zero-order valence-corrected chi connectivity index (χ0v) is 20.4. The molecule has 0 saturated heterocycles. The second kappa shape index (κ2) is 11.3. The highest BCUT2D eigenvalue weighted by Gasteiger charge is 2.30. The molecule has 0 aromatic heterocycles. The maximum Gasteiger partial charge on any atom is 0.416 e. The van der Waals surface area contributed by atoms with Crippen LogP contribution < -0.4 is 19.5 Å². The van der Waals surface area contributed by atoms with Crippen molar-refractivity contribution in [3.8, 4) is 17.2 Å². The molecule has 0 aliphatic heterocycles. The Kier molecular flexibility index (Phi) is 7.87. The van der Waals surface area contributed by atoms with Gasteiger partial charge in [0.25, 0.3) is 15.9 Å². The maximum atomic E-state index is 12.9. The lowest BCUT2D eigenvalue weighted by Gasteiger charge is -2.12. The maximum absolute atomic E-state index is 12.9. The molecular weight excluding hydrogens is 521 g/mol. The van der Waals surface area contributed by atoms with E-state index in [1.807, 2.05) is 30.3 Å². The normalized spacial score (nSPS) is 11.4. The Morgan fingerprint density at radius 2 is 1.37 bits per heavy atom. The first-order valence-electron chi connectivity index (χ1n) is 11.1. The summed E-state index contributed by atoms with van der Waals surface area (Å²) in [4.78, 5) is 12.0. The highest BCUT2D eigenvalue weighted by atomic mass is 32.2. The third-order valence-corrected chi connectivity index (χ3v) is 6.46. The fourth-order valence-corrected chi connectivity index (χ4v) is 4.31. The van der Waals surface area contributed by atoms with E-state index < -0.39 is 27.7 Å². The van der Waals surface area contributed by atoms with Crippen LogP contribution in [-0.2, 0) is 21.0 Å². The van der Waals surface area contributed by atoms with Gasteiger partial charge in [-0.1, -0.05) is 24.3 Å². The molecule has 0 aliphatic rings. The fraction of sp³-hybridized carbons (Fsp3) is 0.0741. The zero-order chi connectivity index (χ0) is 27.2. The molecule has 4 aromatic rings. The molecule has 0 atom stereocenters. The molecular formula is C27H21F3N2O5S. The number of ether oxygens (including phenoxy) is 2. The van der Waals surface area contributed by atoms with E-state index in [0.717, 1.165) is 12.1 Å². The minimum atomic E-state index is -4.60. The van der Waals surface area contributed by atoms with E-state index in [1.165, 1.54) is 30.3 Å². The highest BCUT2D eigenvalue weighted by Crippen LogP contribution is 2.31. The van der Waals surface area contributed by atoms with Crippen LogP contribution in [0, 0.1) is 0 Å². The monoisotopic (exact) mass is 542 g/mol. The topological polar surface area (TPSA) is 93.7 Å². The molecule has 196 valence electrons. The Morgan fingerprint density at radius 1 is 0.737 bits per heavy atom. The summed E-state index contributed by atoms with van der Waals surface area (Å²) in [6.45, 7) is -0.336. The Morgan fingerprint density at radius 3 is 2.03 bits per heavy atom. The van der Waals surface area contributed by atoms with Gasteiger partial charge in [0.05, 0.1) is 10.5 Å². The SMILES string of the molecule is O=C(COc1ccc(S(=O)(=O)Nc2cccc(C(F)(F)F)c2)cc1)Nc1ccc(Oc2ccccc2)cc1. The van der Waals surface area contributed by atoms with Gasteiger partial charge < -0.3 is 14.8 Å². The van der Waals surface area contributed by atoms with Gasteiger partial charge in [0.15, 0.2) is 6.61 Å². The van der Waals surface area contributed by atoms with Crippen molar-refractivity contribution in [2.24, 2.45) is 0 Å². The lowest BCUT2D eigenvalue weighted by atomic mass is 10.2. The average Bonchev–Trinajstić information content (AvgIpc) is 2.89. The molecule has 7 nitrogen and oxygen atoms in total. The standard InChI is InChI=1S/C27H21F3N2O5S/c28-27(29,30)19-5-4-6-21(17-19)32-38(34,35)25-15-13-22(14-16-25)36-18-26(33)31-20-9-11-24(12-10-20)37-23-7-2-1-3-8-23/h1-17,32H,18H2,(H,31,33). The highest BCUT2D eigenvalue weighted by molar-refractivity contribution is 7.92. The van der Waals surface area contributed by atoms with E-state index in [0.29, 0.717) is 23.3 Å². The number of alkyl halides is 3. The molecule has 11 heteroatoms. The van der Waals surface area contributed by atoms with Crippen LogP contribution in [0.25, 0.3) is 0 Å². The quantitative estimate of drug-likeness (QED) is 0.258. The Balaban J connectivity index is 1.29. The molecule has 0 bridgehead atoms. The lowest BCUT2D eigenvalue weighted by molar-refractivity contribution is -0.137. The summed E-state index contributed by atoms with van der Waals surface area (Å²) in [6, 6.07) is 25.0. The van der Waals surface area contributed by atoms with Gasteiger partial charge in [-0.25, -0.2) is 8.42 Å². The van der Waals surface area contributed by atoms with E-state index in [2.05, 4.69) is 10.0 Å². The molecule has 0 fully saturated rings. The summed E-state index contributed by atoms with van der Waals surface area (Å²) in [5, 5.41) is 2.68. The molecule has 2 N–H and O–H groups in total. The largest absolute Gasteiger partial charge is 0.484 e. The average molecular weight is 543 g/mol. The Hall–Kier alpha value is -4.51. The van der Waals surface area contributed by atoms with Gasteiger partial charge in [-0.2, -0.15) is 13.2 Å². The van der Waals surface area contributed by atoms with Crippen LogP contribution in [0.4, 0.5) is 24.5 Å². The van der Waals surface area contributed by atoms with Crippen molar-refractivity contribution >= 4 is 27.3 Å². The minimum absolute atomic E-state index is 0.190. The van der Waals surface area contributed by atoms with E-state index in [4.69, 9.17) is 9.47 Å². The number of rotatable bonds is 9. The molecule has 0 saturated carbocycles. The number of anilines is 2. The Labute approximate surface area is 216 Å². The lowest BCUT2D eigenvalue weighted by Crippen LogP contribution is -2.20. The first-order valence-corrected chi connectivity index (χ1v) is 12.6. The Bertz CT molecular complexity index is 1490. The number of amides is 1. The second-order valence-corrected chi connectivity index (χ2v) is 9.61. The van der Waals surface area contributed by atoms with E-state index in [1.54, 1.807) is 24.3 Å². The predicted octanol–water partition coefficient (Wildman–Crippen LogP) is 6.32. The minimum Gasteiger partial charge on any atom is -0.484 e. The van der Waals surface area contributed by atoms with E-state index >= 15 is 0 Å². The summed E-state index contributed by atoms with van der Waals surface area (Å²) in [5.41, 5.74) is -0.672. The van der Waals surface area contributed by atoms with Crippen molar-refractivity contribution in [3.63, 3.8) is 0 Å². The van der Waals surface area contributed by atoms with Gasteiger partial charge in [-0.15, -0.1) is 0 Å². The molecule has 0 radical (unpaired) electrons. The molecule has 4 aromatic carbocycles. The van der Waals surface area contributed by atoms with Crippen molar-refractivity contribution in [2.75, 3.05) is 16.6 Å². The molecule has 4 rings (SSSR count). The molecule has 0 aliphatic carbocycles. The number of sulfonamides is 1. The van der Waals surface area contributed by atoms with Gasteiger partial charge in [0.2, 0.25) is 0 Å². The predicted molar refractivity (Wildman–Crippen MR) is 136 cm³/mol. The van der Waals surface area contributed by atoms with Crippen LogP contribution in [0.2, 0.25) is 0 Å². The van der Waals surface area contributed by atoms with Crippen LogP contribution in [0.15, 0.2) is 108 Å². The molecule has 1 amide bonds. The summed E-state index contributed by atoms with van der Waals surface area (Å²) in [7, 11) is -4.15. The molecule has 0 unspecified atom stereocenters. The van der Waals surface area contributed by atoms with Gasteiger partial charge in [0.1, 0.15) is 17.2 Å². The number of hydrogen-bond acceptors (Lipinski definition) is 5. The first kappa shape index (κ1) is 26.6. The summed E-state index contributed by atoms with van der Waals surface area (Å²) >= 11 is 0. The van der Waals surface area contributed by atoms with Gasteiger partial charge >= 0.3 is 6.18 Å². The molecule has 0 spiro atoms. The fourth-order valence-electron chi connectivity index (χ4n) is 3.26. The van der Waals surface area contributed by atoms with Crippen LogP contribution in [-0.4, -0.2) is 20.9 Å². The summed E-state index contributed by atoms with van der Waals surface area (Å²) in [6.07, 6.45) is -4.60. The third-order valence-electron chi connectivity index (χ3n) is 5.06. The number of carbonyl (C=O) groups excluding carboxylic acids is 1. The number of carbonyl (C=O) groups is 1. The number of nitrogens with one attached hydrogen (secondary N) is 2. The number of hydrogen-bond donors (Lipinski definition) is 2. The van der Waals surface area contributed by atoms with Crippen molar-refractivity contribution < 1.29 is 35.9 Å². The van der Waals surface area contributed by atoms with Gasteiger partial charge in [-0.05, 0) is 78.9 Å². The van der Waals surface area contributed by atoms with Crippen LogP contribution in [0.1, 0.15) is 5.56 Å². The summed E-state index contributed by atoms with van der Waals surface area (Å²) < 4.78 is 77.0. The van der Waals surface area contributed by atoms with Crippen LogP contribution in [0.5, 0.6) is 17.2 Å². The van der Waals surface area contributed by atoms with Crippen LogP contribution in [0.3, 0.4) is 0 Å². The number of benzene rings is 4.